The molecule has 1 N–H and O–H groups in total. The first kappa shape index (κ1) is 19.4. The van der Waals surface area contributed by atoms with Gasteiger partial charge in [-0.15, -0.1) is 11.3 Å². The van der Waals surface area contributed by atoms with E-state index < -0.39 is 0 Å². The van der Waals surface area contributed by atoms with Crippen molar-refractivity contribution in [3.05, 3.63) is 81.9 Å². The molecule has 2 aliphatic heterocycles. The van der Waals surface area contributed by atoms with E-state index in [-0.39, 0.29) is 18.1 Å². The quantitative estimate of drug-likeness (QED) is 0.642. The Labute approximate surface area is 181 Å². The summed E-state index contributed by atoms with van der Waals surface area (Å²) in [6, 6.07) is 16.5. The summed E-state index contributed by atoms with van der Waals surface area (Å²) in [6.45, 7) is 3.39. The third kappa shape index (κ3) is 3.77. The zero-order valence-electron chi connectivity index (χ0n) is 17.0. The molecule has 1 saturated heterocycles. The van der Waals surface area contributed by atoms with Gasteiger partial charge in [0.25, 0.3) is 0 Å². The second-order valence-electron chi connectivity index (χ2n) is 8.02. The molecule has 2 atom stereocenters. The van der Waals surface area contributed by atoms with Crippen LogP contribution >= 0.6 is 11.3 Å². The number of carbonyl (C=O) groups excluding carboxylic acids is 1. The smallest absolute Gasteiger partial charge is 0.318 e. The molecule has 30 heavy (non-hydrogen) atoms. The fourth-order valence-electron chi connectivity index (χ4n) is 4.76. The van der Waals surface area contributed by atoms with Crippen LogP contribution in [0.4, 0.5) is 4.79 Å². The van der Waals surface area contributed by atoms with Gasteiger partial charge in [0.1, 0.15) is 5.76 Å². The number of likely N-dealkylation sites (tertiary alicyclic amines) is 1. The average Bonchev–Trinajstić information content (AvgIpc) is 3.56. The van der Waals surface area contributed by atoms with Crippen LogP contribution in [0.3, 0.4) is 0 Å². The normalized spacial score (nSPS) is 20.1. The van der Waals surface area contributed by atoms with Gasteiger partial charge in [0.2, 0.25) is 0 Å². The van der Waals surface area contributed by atoms with E-state index in [1.807, 2.05) is 35.2 Å². The Morgan fingerprint density at radius 1 is 1.10 bits per heavy atom. The van der Waals surface area contributed by atoms with Gasteiger partial charge in [-0.2, -0.15) is 0 Å². The molecule has 0 bridgehead atoms. The van der Waals surface area contributed by atoms with Gasteiger partial charge < -0.3 is 14.6 Å². The lowest BCUT2D eigenvalue weighted by atomic mass is 9.93. The average molecular weight is 422 g/mol. The minimum atomic E-state index is -0.0324. The van der Waals surface area contributed by atoms with Gasteiger partial charge in [0, 0.05) is 18.0 Å². The first-order valence-corrected chi connectivity index (χ1v) is 11.6. The molecule has 5 nitrogen and oxygen atoms in total. The van der Waals surface area contributed by atoms with Crippen molar-refractivity contribution in [1.29, 1.82) is 0 Å². The van der Waals surface area contributed by atoms with Crippen molar-refractivity contribution in [1.82, 2.24) is 15.1 Å². The molecule has 0 saturated carbocycles. The molecular weight excluding hydrogens is 394 g/mol. The van der Waals surface area contributed by atoms with E-state index in [2.05, 4.69) is 33.8 Å². The summed E-state index contributed by atoms with van der Waals surface area (Å²) in [4.78, 5) is 19.2. The fraction of sp³-hybridized carbons (Fsp3) is 0.375. The van der Waals surface area contributed by atoms with Crippen molar-refractivity contribution in [2.75, 3.05) is 26.2 Å². The van der Waals surface area contributed by atoms with Gasteiger partial charge in [-0.3, -0.25) is 4.90 Å². The number of fused-ring (bicyclic) bond motifs is 1. The monoisotopic (exact) mass is 421 g/mol. The summed E-state index contributed by atoms with van der Waals surface area (Å²) in [5.41, 5.74) is 2.42. The van der Waals surface area contributed by atoms with Crippen LogP contribution in [-0.4, -0.2) is 42.0 Å². The standard InChI is InChI=1S/C24H27N3O2S/c28-24(25-17-20(21-9-6-15-29-21)26-12-4-5-13-26)27-14-10-22-19(11-16-30-22)23(27)18-7-2-1-3-8-18/h1-3,6-9,11,15-16,20,23H,4-5,10,12-14,17H2,(H,25,28)/t20-,23-/m0/s1. The number of amides is 2. The molecule has 0 unspecified atom stereocenters. The first-order valence-electron chi connectivity index (χ1n) is 10.7. The van der Waals surface area contributed by atoms with Crippen LogP contribution < -0.4 is 5.32 Å². The highest BCUT2D eigenvalue weighted by Gasteiger charge is 2.33. The van der Waals surface area contributed by atoms with Crippen molar-refractivity contribution < 1.29 is 9.21 Å². The number of urea groups is 1. The Morgan fingerprint density at radius 3 is 2.70 bits per heavy atom. The molecule has 0 aliphatic carbocycles. The Kier molecular flexibility index (Phi) is 5.60. The molecular formula is C24H27N3O2S. The van der Waals surface area contributed by atoms with Gasteiger partial charge in [-0.1, -0.05) is 30.3 Å². The molecule has 0 radical (unpaired) electrons. The van der Waals surface area contributed by atoms with Gasteiger partial charge >= 0.3 is 6.03 Å². The van der Waals surface area contributed by atoms with Crippen molar-refractivity contribution in [2.45, 2.75) is 31.3 Å². The number of rotatable bonds is 5. The lowest BCUT2D eigenvalue weighted by Gasteiger charge is -2.37. The lowest BCUT2D eigenvalue weighted by molar-refractivity contribution is 0.169. The van der Waals surface area contributed by atoms with E-state index in [1.54, 1.807) is 17.6 Å². The number of furan rings is 1. The molecule has 0 spiro atoms. The molecule has 3 aromatic rings. The van der Waals surface area contributed by atoms with E-state index in [1.165, 1.54) is 23.3 Å². The van der Waals surface area contributed by atoms with Crippen LogP contribution in [0.1, 0.15) is 46.7 Å². The molecule has 156 valence electrons. The SMILES string of the molecule is O=C(NC[C@@H](c1ccco1)N1CCCC1)N1CCc2sccc2[C@@H]1c1ccccc1. The summed E-state index contributed by atoms with van der Waals surface area (Å²) in [5.74, 6) is 0.926. The maximum atomic E-state index is 13.4. The Morgan fingerprint density at radius 2 is 1.93 bits per heavy atom. The molecule has 1 fully saturated rings. The van der Waals surface area contributed by atoms with Crippen LogP contribution in [0, 0.1) is 0 Å². The lowest BCUT2D eigenvalue weighted by Crippen LogP contribution is -2.47. The second-order valence-corrected chi connectivity index (χ2v) is 9.02. The van der Waals surface area contributed by atoms with Crippen molar-refractivity contribution in [3.8, 4) is 0 Å². The van der Waals surface area contributed by atoms with Crippen LogP contribution in [0.25, 0.3) is 0 Å². The number of benzene rings is 1. The molecule has 2 aromatic heterocycles. The number of thiophene rings is 1. The minimum Gasteiger partial charge on any atom is -0.468 e. The molecule has 5 rings (SSSR count). The van der Waals surface area contributed by atoms with Gasteiger partial charge in [-0.25, -0.2) is 4.79 Å². The second kappa shape index (κ2) is 8.66. The predicted molar refractivity (Wildman–Crippen MR) is 119 cm³/mol. The predicted octanol–water partition coefficient (Wildman–Crippen LogP) is 4.84. The summed E-state index contributed by atoms with van der Waals surface area (Å²) >= 11 is 1.79. The Hall–Kier alpha value is -2.57. The van der Waals surface area contributed by atoms with Crippen LogP contribution in [0.5, 0.6) is 0 Å². The largest absolute Gasteiger partial charge is 0.468 e. The topological polar surface area (TPSA) is 48.7 Å². The third-order valence-corrected chi connectivity index (χ3v) is 7.24. The molecule has 4 heterocycles. The maximum Gasteiger partial charge on any atom is 0.318 e. The van der Waals surface area contributed by atoms with Crippen LogP contribution in [0.2, 0.25) is 0 Å². The van der Waals surface area contributed by atoms with Gasteiger partial charge in [-0.05, 0) is 67.1 Å². The number of nitrogens with zero attached hydrogens (tertiary/aromatic N) is 2. The first-order chi connectivity index (χ1) is 14.8. The van der Waals surface area contributed by atoms with E-state index in [4.69, 9.17) is 4.42 Å². The molecule has 2 aliphatic rings. The number of hydrogen-bond acceptors (Lipinski definition) is 4. The zero-order valence-corrected chi connectivity index (χ0v) is 17.8. The van der Waals surface area contributed by atoms with Crippen LogP contribution in [-0.2, 0) is 6.42 Å². The molecule has 6 heteroatoms. The number of hydrogen-bond donors (Lipinski definition) is 1. The third-order valence-electron chi connectivity index (χ3n) is 6.24. The van der Waals surface area contributed by atoms with E-state index in [9.17, 15) is 4.79 Å². The van der Waals surface area contributed by atoms with E-state index in [0.29, 0.717) is 6.54 Å². The highest BCUT2D eigenvalue weighted by molar-refractivity contribution is 7.10. The van der Waals surface area contributed by atoms with Crippen LogP contribution in [0.15, 0.2) is 64.6 Å². The fourth-order valence-corrected chi connectivity index (χ4v) is 5.66. The Bertz CT molecular complexity index is 964. The van der Waals surface area contributed by atoms with E-state index >= 15 is 0 Å². The Balaban J connectivity index is 1.35. The summed E-state index contributed by atoms with van der Waals surface area (Å²) < 4.78 is 5.71. The van der Waals surface area contributed by atoms with Crippen molar-refractivity contribution >= 4 is 17.4 Å². The zero-order chi connectivity index (χ0) is 20.3. The van der Waals surface area contributed by atoms with Gasteiger partial charge in [0.15, 0.2) is 0 Å². The number of carbonyl (C=O) groups is 1. The highest BCUT2D eigenvalue weighted by atomic mass is 32.1. The number of nitrogens with one attached hydrogen (secondary N) is 1. The maximum absolute atomic E-state index is 13.4. The molecule has 2 amide bonds. The molecule has 1 aromatic carbocycles. The highest BCUT2D eigenvalue weighted by Crippen LogP contribution is 2.37. The summed E-state index contributed by atoms with van der Waals surface area (Å²) in [6.07, 6.45) is 5.04. The van der Waals surface area contributed by atoms with Crippen molar-refractivity contribution in [2.24, 2.45) is 0 Å². The van der Waals surface area contributed by atoms with Gasteiger partial charge in [0.05, 0.1) is 18.3 Å². The summed E-state index contributed by atoms with van der Waals surface area (Å²) in [7, 11) is 0. The summed E-state index contributed by atoms with van der Waals surface area (Å²) in [5, 5.41) is 5.37. The van der Waals surface area contributed by atoms with E-state index in [0.717, 1.165) is 37.4 Å². The van der Waals surface area contributed by atoms with Crippen molar-refractivity contribution in [3.63, 3.8) is 0 Å². The minimum absolute atomic E-state index is 0.00328.